The van der Waals surface area contributed by atoms with E-state index in [4.69, 9.17) is 10.5 Å². The minimum absolute atomic E-state index is 0.158. The number of fused-ring (bicyclic) bond motifs is 1. The van der Waals surface area contributed by atoms with Crippen molar-refractivity contribution in [2.75, 3.05) is 32.0 Å². The molecule has 3 heterocycles. The predicted molar refractivity (Wildman–Crippen MR) is 75.6 cm³/mol. The average Bonchev–Trinajstić information content (AvgIpc) is 2.84. The summed E-state index contributed by atoms with van der Waals surface area (Å²) in [4.78, 5) is 31.8. The summed E-state index contributed by atoms with van der Waals surface area (Å²) < 4.78 is 5.16. The number of rotatable bonds is 2. The third kappa shape index (κ3) is 2.18. The van der Waals surface area contributed by atoms with Crippen molar-refractivity contribution in [3.05, 3.63) is 23.9 Å². The Morgan fingerprint density at radius 2 is 2.29 bits per heavy atom. The standard InChI is InChI=1S/C14H18N4O3/c1-2-14-8-17(6-7-18(14)13(20)21-9-14)12(19)10-4-3-5-11(15)16-10/h3-5H,2,6-9H2,1H3,(H2,15,16). The zero-order valence-electron chi connectivity index (χ0n) is 11.9. The first kappa shape index (κ1) is 13.7. The number of carbonyl (C=O) groups excluding carboxylic acids is 2. The quantitative estimate of drug-likeness (QED) is 0.867. The Bertz CT molecular complexity index is 591. The molecule has 21 heavy (non-hydrogen) atoms. The molecule has 0 saturated carbocycles. The highest BCUT2D eigenvalue weighted by atomic mass is 16.6. The molecule has 0 aromatic carbocycles. The second-order valence-electron chi connectivity index (χ2n) is 5.46. The van der Waals surface area contributed by atoms with Gasteiger partial charge < -0.3 is 15.4 Å². The molecule has 112 valence electrons. The molecule has 3 rings (SSSR count). The molecule has 1 unspecified atom stereocenters. The number of ether oxygens (including phenoxy) is 1. The first-order valence-corrected chi connectivity index (χ1v) is 7.02. The summed E-state index contributed by atoms with van der Waals surface area (Å²) in [5.74, 6) is 0.165. The van der Waals surface area contributed by atoms with Crippen molar-refractivity contribution in [1.29, 1.82) is 0 Å². The van der Waals surface area contributed by atoms with E-state index < -0.39 is 5.54 Å². The third-order valence-corrected chi connectivity index (χ3v) is 4.27. The van der Waals surface area contributed by atoms with Crippen molar-refractivity contribution < 1.29 is 14.3 Å². The van der Waals surface area contributed by atoms with Gasteiger partial charge in [-0.1, -0.05) is 13.0 Å². The molecule has 2 aliphatic rings. The van der Waals surface area contributed by atoms with E-state index in [1.165, 1.54) is 0 Å². The number of anilines is 1. The fourth-order valence-corrected chi connectivity index (χ4v) is 2.97. The molecule has 2 saturated heterocycles. The van der Waals surface area contributed by atoms with E-state index in [0.29, 0.717) is 37.8 Å². The number of amides is 2. The molecule has 0 bridgehead atoms. The average molecular weight is 290 g/mol. The van der Waals surface area contributed by atoms with Crippen molar-refractivity contribution in [3.8, 4) is 0 Å². The van der Waals surface area contributed by atoms with Gasteiger partial charge in [-0.15, -0.1) is 0 Å². The predicted octanol–water partition coefficient (Wildman–Crippen LogP) is 0.721. The number of carbonyl (C=O) groups is 2. The van der Waals surface area contributed by atoms with E-state index in [2.05, 4.69) is 4.98 Å². The molecular weight excluding hydrogens is 272 g/mol. The molecular formula is C14H18N4O3. The molecule has 2 amide bonds. The van der Waals surface area contributed by atoms with E-state index in [-0.39, 0.29) is 12.0 Å². The lowest BCUT2D eigenvalue weighted by Crippen LogP contribution is -2.62. The Hall–Kier alpha value is -2.31. The second kappa shape index (κ2) is 4.91. The lowest BCUT2D eigenvalue weighted by atomic mass is 9.92. The van der Waals surface area contributed by atoms with Crippen molar-refractivity contribution in [2.24, 2.45) is 0 Å². The van der Waals surface area contributed by atoms with E-state index >= 15 is 0 Å². The molecule has 7 nitrogen and oxygen atoms in total. The van der Waals surface area contributed by atoms with Crippen LogP contribution >= 0.6 is 0 Å². The maximum atomic E-state index is 12.5. The number of nitrogens with zero attached hydrogens (tertiary/aromatic N) is 3. The molecule has 0 aliphatic carbocycles. The van der Waals surface area contributed by atoms with Crippen LogP contribution in [0.4, 0.5) is 10.6 Å². The number of hydrogen-bond donors (Lipinski definition) is 1. The number of nitrogens with two attached hydrogens (primary N) is 1. The minimum atomic E-state index is -0.411. The van der Waals surface area contributed by atoms with Crippen molar-refractivity contribution in [3.63, 3.8) is 0 Å². The maximum Gasteiger partial charge on any atom is 0.410 e. The molecule has 0 spiro atoms. The van der Waals surface area contributed by atoms with Gasteiger partial charge in [-0.2, -0.15) is 0 Å². The minimum Gasteiger partial charge on any atom is -0.447 e. The van der Waals surface area contributed by atoms with Crippen LogP contribution in [0.3, 0.4) is 0 Å². The lowest BCUT2D eigenvalue weighted by Gasteiger charge is -2.44. The van der Waals surface area contributed by atoms with Gasteiger partial charge in [0.25, 0.3) is 5.91 Å². The van der Waals surface area contributed by atoms with Crippen LogP contribution in [0.1, 0.15) is 23.8 Å². The monoisotopic (exact) mass is 290 g/mol. The fourth-order valence-electron chi connectivity index (χ4n) is 2.97. The molecule has 2 aliphatic heterocycles. The third-order valence-electron chi connectivity index (χ3n) is 4.27. The van der Waals surface area contributed by atoms with Crippen molar-refractivity contribution in [2.45, 2.75) is 18.9 Å². The summed E-state index contributed by atoms with van der Waals surface area (Å²) in [6.45, 7) is 3.76. The van der Waals surface area contributed by atoms with E-state index in [1.807, 2.05) is 6.92 Å². The van der Waals surface area contributed by atoms with E-state index in [1.54, 1.807) is 28.0 Å². The highest BCUT2D eigenvalue weighted by Crippen LogP contribution is 2.32. The van der Waals surface area contributed by atoms with Gasteiger partial charge in [0, 0.05) is 19.6 Å². The molecule has 7 heteroatoms. The summed E-state index contributed by atoms with van der Waals surface area (Å²) in [7, 11) is 0. The first-order chi connectivity index (χ1) is 10.1. The Labute approximate surface area is 122 Å². The summed E-state index contributed by atoms with van der Waals surface area (Å²) in [6, 6.07) is 5.01. The van der Waals surface area contributed by atoms with Gasteiger partial charge in [0.1, 0.15) is 18.1 Å². The van der Waals surface area contributed by atoms with Gasteiger partial charge in [0.2, 0.25) is 0 Å². The molecule has 2 fully saturated rings. The Kier molecular flexibility index (Phi) is 3.19. The van der Waals surface area contributed by atoms with E-state index in [9.17, 15) is 9.59 Å². The van der Waals surface area contributed by atoms with Crippen molar-refractivity contribution in [1.82, 2.24) is 14.8 Å². The topological polar surface area (TPSA) is 88.8 Å². The molecule has 1 atom stereocenters. The largest absolute Gasteiger partial charge is 0.447 e. The van der Waals surface area contributed by atoms with Crippen LogP contribution in [0.15, 0.2) is 18.2 Å². The van der Waals surface area contributed by atoms with Gasteiger partial charge in [-0.3, -0.25) is 9.69 Å². The molecule has 1 aromatic rings. The number of piperazine rings is 1. The van der Waals surface area contributed by atoms with Crippen LogP contribution in [-0.4, -0.2) is 58.6 Å². The summed E-state index contributed by atoms with van der Waals surface area (Å²) in [5.41, 5.74) is 5.55. The van der Waals surface area contributed by atoms with Crippen LogP contribution in [0.5, 0.6) is 0 Å². The Morgan fingerprint density at radius 3 is 3.00 bits per heavy atom. The second-order valence-corrected chi connectivity index (χ2v) is 5.46. The van der Waals surface area contributed by atoms with Crippen LogP contribution in [-0.2, 0) is 4.74 Å². The molecule has 2 N–H and O–H groups in total. The number of hydrogen-bond acceptors (Lipinski definition) is 5. The highest BCUT2D eigenvalue weighted by Gasteiger charge is 2.50. The normalized spacial score (nSPS) is 24.7. The highest BCUT2D eigenvalue weighted by molar-refractivity contribution is 5.93. The zero-order chi connectivity index (χ0) is 15.0. The maximum absolute atomic E-state index is 12.5. The number of aromatic nitrogens is 1. The van der Waals surface area contributed by atoms with Crippen LogP contribution < -0.4 is 5.73 Å². The van der Waals surface area contributed by atoms with Gasteiger partial charge in [0.05, 0.1) is 5.54 Å². The van der Waals surface area contributed by atoms with E-state index in [0.717, 1.165) is 6.42 Å². The van der Waals surface area contributed by atoms with Gasteiger partial charge in [-0.05, 0) is 18.6 Å². The number of cyclic esters (lactones) is 1. The summed E-state index contributed by atoms with van der Waals surface area (Å²) >= 11 is 0. The van der Waals surface area contributed by atoms with Crippen LogP contribution in [0.2, 0.25) is 0 Å². The lowest BCUT2D eigenvalue weighted by molar-refractivity contribution is 0.0357. The van der Waals surface area contributed by atoms with Crippen molar-refractivity contribution >= 4 is 17.8 Å². The van der Waals surface area contributed by atoms with Crippen LogP contribution in [0, 0.1) is 0 Å². The van der Waals surface area contributed by atoms with Gasteiger partial charge in [0.15, 0.2) is 0 Å². The number of pyridine rings is 1. The summed E-state index contributed by atoms with van der Waals surface area (Å²) in [6.07, 6.45) is 0.457. The van der Waals surface area contributed by atoms with Gasteiger partial charge >= 0.3 is 6.09 Å². The first-order valence-electron chi connectivity index (χ1n) is 7.02. The smallest absolute Gasteiger partial charge is 0.410 e. The Morgan fingerprint density at radius 1 is 1.48 bits per heavy atom. The zero-order valence-corrected chi connectivity index (χ0v) is 11.9. The molecule has 1 aromatic heterocycles. The fraction of sp³-hybridized carbons (Fsp3) is 0.500. The molecule has 0 radical (unpaired) electrons. The SMILES string of the molecule is CCC12COC(=O)N1CCN(C(=O)c1cccc(N)n1)C2. The van der Waals surface area contributed by atoms with Crippen LogP contribution in [0.25, 0.3) is 0 Å². The Balaban J connectivity index is 1.82. The summed E-state index contributed by atoms with van der Waals surface area (Å²) in [5, 5.41) is 0. The number of nitrogen functional groups attached to an aromatic ring is 1. The van der Waals surface area contributed by atoms with Gasteiger partial charge in [-0.25, -0.2) is 9.78 Å².